The first-order chi connectivity index (χ1) is 9.43. The van der Waals surface area contributed by atoms with E-state index in [0.29, 0.717) is 12.3 Å². The Hall–Kier alpha value is -1.27. The van der Waals surface area contributed by atoms with Gasteiger partial charge in [0.15, 0.2) is 0 Å². The van der Waals surface area contributed by atoms with Crippen LogP contribution in [0.4, 0.5) is 13.2 Å². The van der Waals surface area contributed by atoms with Crippen LogP contribution in [0.25, 0.3) is 0 Å². The Morgan fingerprint density at radius 1 is 1.35 bits per heavy atom. The predicted octanol–water partition coefficient (Wildman–Crippen LogP) is 2.68. The Kier molecular flexibility index (Phi) is 4.55. The van der Waals surface area contributed by atoms with Gasteiger partial charge in [0.25, 0.3) is 0 Å². The molecule has 0 aromatic heterocycles. The lowest BCUT2D eigenvalue weighted by molar-refractivity contribution is -0.148. The van der Waals surface area contributed by atoms with Crippen molar-refractivity contribution in [2.24, 2.45) is 5.73 Å². The molecule has 20 heavy (non-hydrogen) atoms. The fourth-order valence-corrected chi connectivity index (χ4v) is 2.29. The molecule has 6 heteroatoms. The summed E-state index contributed by atoms with van der Waals surface area (Å²) in [4.78, 5) is 1.47. The maximum Gasteiger partial charge on any atom is 0.401 e. The van der Waals surface area contributed by atoms with Gasteiger partial charge in [-0.1, -0.05) is 6.07 Å². The monoisotopic (exact) mass is 288 g/mol. The quantitative estimate of drug-likeness (QED) is 0.874. The van der Waals surface area contributed by atoms with E-state index in [1.54, 1.807) is 6.07 Å². The van der Waals surface area contributed by atoms with Crippen molar-refractivity contribution in [3.05, 3.63) is 29.3 Å². The third-order valence-electron chi connectivity index (χ3n) is 3.40. The van der Waals surface area contributed by atoms with Crippen LogP contribution in [0.1, 0.15) is 24.0 Å². The van der Waals surface area contributed by atoms with E-state index in [0.717, 1.165) is 24.0 Å². The second-order valence-corrected chi connectivity index (χ2v) is 5.10. The summed E-state index contributed by atoms with van der Waals surface area (Å²) in [5.41, 5.74) is 7.23. The maximum atomic E-state index is 12.6. The number of nitrogens with two attached hydrogens (primary N) is 1. The molecule has 112 valence electrons. The molecule has 0 heterocycles. The lowest BCUT2D eigenvalue weighted by atomic mass is 10.1. The Labute approximate surface area is 116 Å². The van der Waals surface area contributed by atoms with Crippen LogP contribution in [0.15, 0.2) is 18.2 Å². The number of methoxy groups -OCH3 is 1. The molecule has 0 unspecified atom stereocenters. The van der Waals surface area contributed by atoms with E-state index in [-0.39, 0.29) is 12.6 Å². The molecular formula is C14H19F3N2O. The maximum absolute atomic E-state index is 12.6. The Bertz CT molecular complexity index is 458. The van der Waals surface area contributed by atoms with E-state index in [2.05, 4.69) is 0 Å². The van der Waals surface area contributed by atoms with Crippen molar-refractivity contribution in [3.63, 3.8) is 0 Å². The van der Waals surface area contributed by atoms with E-state index in [1.807, 2.05) is 12.1 Å². The van der Waals surface area contributed by atoms with Crippen LogP contribution in [-0.2, 0) is 13.1 Å². The van der Waals surface area contributed by atoms with Gasteiger partial charge >= 0.3 is 6.18 Å². The second-order valence-electron chi connectivity index (χ2n) is 5.10. The van der Waals surface area contributed by atoms with Crippen molar-refractivity contribution >= 4 is 0 Å². The topological polar surface area (TPSA) is 38.5 Å². The number of hydrogen-bond acceptors (Lipinski definition) is 3. The van der Waals surface area contributed by atoms with Gasteiger partial charge in [0, 0.05) is 24.7 Å². The van der Waals surface area contributed by atoms with Gasteiger partial charge in [0.05, 0.1) is 13.7 Å². The van der Waals surface area contributed by atoms with Crippen molar-refractivity contribution in [2.75, 3.05) is 13.7 Å². The van der Waals surface area contributed by atoms with E-state index in [9.17, 15) is 13.2 Å². The molecule has 1 aliphatic rings. The fraction of sp³-hybridized carbons (Fsp3) is 0.571. The molecule has 2 N–H and O–H groups in total. The minimum Gasteiger partial charge on any atom is -0.496 e. The summed E-state index contributed by atoms with van der Waals surface area (Å²) in [6, 6.07) is 5.44. The summed E-state index contributed by atoms with van der Waals surface area (Å²) in [6.45, 7) is -0.283. The molecule has 0 spiro atoms. The molecule has 1 aliphatic carbocycles. The van der Waals surface area contributed by atoms with Gasteiger partial charge in [-0.05, 0) is 30.5 Å². The van der Waals surface area contributed by atoms with E-state index in [4.69, 9.17) is 10.5 Å². The highest BCUT2D eigenvalue weighted by atomic mass is 19.4. The second kappa shape index (κ2) is 6.01. The Morgan fingerprint density at radius 3 is 2.55 bits per heavy atom. The van der Waals surface area contributed by atoms with Gasteiger partial charge in [-0.2, -0.15) is 13.2 Å². The minimum atomic E-state index is -4.18. The highest BCUT2D eigenvalue weighted by molar-refractivity contribution is 5.37. The van der Waals surface area contributed by atoms with E-state index >= 15 is 0 Å². The molecule has 0 bridgehead atoms. The molecule has 1 aromatic rings. The Morgan fingerprint density at radius 2 is 2.05 bits per heavy atom. The number of nitrogens with zero attached hydrogens (tertiary/aromatic N) is 1. The van der Waals surface area contributed by atoms with Gasteiger partial charge in [0.2, 0.25) is 0 Å². The average molecular weight is 288 g/mol. The molecule has 0 aliphatic heterocycles. The molecule has 0 amide bonds. The van der Waals surface area contributed by atoms with Crippen molar-refractivity contribution in [1.82, 2.24) is 4.90 Å². The van der Waals surface area contributed by atoms with Gasteiger partial charge in [-0.3, -0.25) is 4.90 Å². The zero-order valence-corrected chi connectivity index (χ0v) is 11.4. The van der Waals surface area contributed by atoms with Crippen LogP contribution >= 0.6 is 0 Å². The van der Waals surface area contributed by atoms with Crippen LogP contribution < -0.4 is 10.5 Å². The van der Waals surface area contributed by atoms with Crippen molar-refractivity contribution in [3.8, 4) is 5.75 Å². The van der Waals surface area contributed by atoms with Crippen LogP contribution in [-0.4, -0.2) is 30.8 Å². The average Bonchev–Trinajstić information content (AvgIpc) is 3.20. The van der Waals surface area contributed by atoms with Gasteiger partial charge in [-0.15, -0.1) is 0 Å². The number of benzene rings is 1. The summed E-state index contributed by atoms with van der Waals surface area (Å²) >= 11 is 0. The zero-order chi connectivity index (χ0) is 14.8. The van der Waals surface area contributed by atoms with E-state index in [1.165, 1.54) is 12.0 Å². The van der Waals surface area contributed by atoms with Gasteiger partial charge in [-0.25, -0.2) is 0 Å². The summed E-state index contributed by atoms with van der Waals surface area (Å²) in [5.74, 6) is 0.607. The largest absolute Gasteiger partial charge is 0.496 e. The Balaban J connectivity index is 2.16. The summed E-state index contributed by atoms with van der Waals surface area (Å²) in [6.07, 6.45) is -2.52. The van der Waals surface area contributed by atoms with Crippen LogP contribution in [0.3, 0.4) is 0 Å². The minimum absolute atomic E-state index is 0.0304. The number of alkyl halides is 3. The molecule has 3 nitrogen and oxygen atoms in total. The van der Waals surface area contributed by atoms with Gasteiger partial charge < -0.3 is 10.5 Å². The first-order valence-electron chi connectivity index (χ1n) is 6.59. The van der Waals surface area contributed by atoms with Crippen LogP contribution in [0.5, 0.6) is 5.75 Å². The lowest BCUT2D eigenvalue weighted by Gasteiger charge is -2.24. The zero-order valence-electron chi connectivity index (χ0n) is 11.4. The normalized spacial score (nSPS) is 15.7. The van der Waals surface area contributed by atoms with Gasteiger partial charge in [0.1, 0.15) is 5.75 Å². The predicted molar refractivity (Wildman–Crippen MR) is 70.4 cm³/mol. The molecule has 2 rings (SSSR count). The highest BCUT2D eigenvalue weighted by Crippen LogP contribution is 2.33. The molecular weight excluding hydrogens is 269 g/mol. The summed E-state index contributed by atoms with van der Waals surface area (Å²) in [5, 5.41) is 0. The number of rotatable bonds is 6. The molecule has 1 aromatic carbocycles. The summed E-state index contributed by atoms with van der Waals surface area (Å²) in [7, 11) is 1.52. The molecule has 0 saturated heterocycles. The molecule has 0 atom stereocenters. The smallest absolute Gasteiger partial charge is 0.401 e. The van der Waals surface area contributed by atoms with E-state index < -0.39 is 12.7 Å². The van der Waals surface area contributed by atoms with Crippen molar-refractivity contribution < 1.29 is 17.9 Å². The standard InChI is InChI=1S/C14H19F3N2O/c1-20-13-5-2-10(7-18)6-11(13)8-19(12-3-4-12)9-14(15,16)17/h2,5-6,12H,3-4,7-9,18H2,1H3. The first kappa shape index (κ1) is 15.1. The number of hydrogen-bond donors (Lipinski definition) is 1. The van der Waals surface area contributed by atoms with Crippen LogP contribution in [0.2, 0.25) is 0 Å². The molecule has 0 radical (unpaired) electrons. The fourth-order valence-electron chi connectivity index (χ4n) is 2.29. The van der Waals surface area contributed by atoms with Crippen molar-refractivity contribution in [2.45, 2.75) is 38.1 Å². The number of halogens is 3. The van der Waals surface area contributed by atoms with Crippen molar-refractivity contribution in [1.29, 1.82) is 0 Å². The highest BCUT2D eigenvalue weighted by Gasteiger charge is 2.38. The lowest BCUT2D eigenvalue weighted by Crippen LogP contribution is -2.35. The SMILES string of the molecule is COc1ccc(CN)cc1CN(CC(F)(F)F)C1CC1. The number of ether oxygens (including phenoxy) is 1. The molecule has 1 saturated carbocycles. The molecule has 1 fully saturated rings. The third-order valence-corrected chi connectivity index (χ3v) is 3.40. The summed E-state index contributed by atoms with van der Waals surface area (Å²) < 4.78 is 43.1. The van der Waals surface area contributed by atoms with Crippen LogP contribution in [0, 0.1) is 0 Å². The third kappa shape index (κ3) is 4.11. The first-order valence-corrected chi connectivity index (χ1v) is 6.59.